The minimum absolute atomic E-state index is 0.147. The largest absolute Gasteiger partial charge is 0.359 e. The van der Waals surface area contributed by atoms with Crippen LogP contribution in [0.4, 0.5) is 11.5 Å². The molecule has 0 fully saturated rings. The molecule has 25 heavy (non-hydrogen) atoms. The number of nitrogens with one attached hydrogen (secondary N) is 2. The summed E-state index contributed by atoms with van der Waals surface area (Å²) in [5, 5.41) is 5.48. The summed E-state index contributed by atoms with van der Waals surface area (Å²) >= 11 is 0. The fraction of sp³-hybridized carbons (Fsp3) is 0.316. The van der Waals surface area contributed by atoms with E-state index in [0.29, 0.717) is 37.3 Å². The predicted octanol–water partition coefficient (Wildman–Crippen LogP) is 2.03. The van der Waals surface area contributed by atoms with Crippen molar-refractivity contribution in [3.8, 4) is 0 Å². The minimum Gasteiger partial charge on any atom is -0.359 e. The summed E-state index contributed by atoms with van der Waals surface area (Å²) in [6, 6.07) is 12.1. The van der Waals surface area contributed by atoms with E-state index in [1.807, 2.05) is 12.1 Å². The lowest BCUT2D eigenvalue weighted by molar-refractivity contribution is -0.109. The molecule has 0 aliphatic carbocycles. The van der Waals surface area contributed by atoms with Crippen LogP contribution in [-0.2, 0) is 11.2 Å². The molecule has 0 saturated carbocycles. The Kier molecular flexibility index (Phi) is 5.28. The van der Waals surface area contributed by atoms with Crippen molar-refractivity contribution < 1.29 is 9.59 Å². The zero-order valence-corrected chi connectivity index (χ0v) is 14.2. The second-order valence-electron chi connectivity index (χ2n) is 6.11. The van der Waals surface area contributed by atoms with E-state index in [4.69, 9.17) is 0 Å². The molecule has 1 aromatic heterocycles. The molecule has 2 amide bonds. The van der Waals surface area contributed by atoms with E-state index in [1.165, 1.54) is 5.56 Å². The first-order valence-corrected chi connectivity index (χ1v) is 8.49. The standard InChI is InChI=1S/C19H22N4O2/c1-14-12-15-6-2-3-8-17(15)23(14)18-16(7-4-10-21-18)19(25)22-11-5-9-20-13-24/h2-4,6-8,10,13-14H,5,9,11-12H2,1H3,(H,20,24)(H,22,25). The molecule has 1 aliphatic heterocycles. The SMILES string of the molecule is CC1Cc2ccccc2N1c1ncccc1C(=O)NCCCNC=O. The smallest absolute Gasteiger partial charge is 0.255 e. The predicted molar refractivity (Wildman–Crippen MR) is 97.0 cm³/mol. The van der Waals surface area contributed by atoms with Crippen LogP contribution in [0.3, 0.4) is 0 Å². The maximum Gasteiger partial charge on any atom is 0.255 e. The molecule has 1 atom stereocenters. The Bertz CT molecular complexity index is 763. The number of benzene rings is 1. The van der Waals surface area contributed by atoms with Gasteiger partial charge in [-0.05, 0) is 43.5 Å². The molecule has 2 heterocycles. The Hall–Kier alpha value is -2.89. The highest BCUT2D eigenvalue weighted by Crippen LogP contribution is 2.38. The number of fused-ring (bicyclic) bond motifs is 1. The van der Waals surface area contributed by atoms with Gasteiger partial charge in [0.15, 0.2) is 0 Å². The molecule has 0 spiro atoms. The van der Waals surface area contributed by atoms with Gasteiger partial charge in [0.1, 0.15) is 5.82 Å². The third-order valence-electron chi connectivity index (χ3n) is 4.33. The van der Waals surface area contributed by atoms with Crippen molar-refractivity contribution in [2.75, 3.05) is 18.0 Å². The van der Waals surface area contributed by atoms with Gasteiger partial charge in [-0.25, -0.2) is 4.98 Å². The van der Waals surface area contributed by atoms with Crippen molar-refractivity contribution in [1.29, 1.82) is 0 Å². The fourth-order valence-corrected chi connectivity index (χ4v) is 3.20. The third-order valence-corrected chi connectivity index (χ3v) is 4.33. The molecular weight excluding hydrogens is 316 g/mol. The first kappa shape index (κ1) is 17.0. The van der Waals surface area contributed by atoms with Crippen molar-refractivity contribution in [2.45, 2.75) is 25.8 Å². The van der Waals surface area contributed by atoms with Gasteiger partial charge in [-0.3, -0.25) is 9.59 Å². The van der Waals surface area contributed by atoms with Gasteiger partial charge in [0, 0.05) is 31.0 Å². The van der Waals surface area contributed by atoms with E-state index < -0.39 is 0 Å². The first-order chi connectivity index (χ1) is 12.2. The summed E-state index contributed by atoms with van der Waals surface area (Å²) in [5.74, 6) is 0.536. The maximum atomic E-state index is 12.6. The van der Waals surface area contributed by atoms with Gasteiger partial charge in [-0.2, -0.15) is 0 Å². The van der Waals surface area contributed by atoms with E-state index in [2.05, 4.69) is 39.6 Å². The summed E-state index contributed by atoms with van der Waals surface area (Å²) in [6.45, 7) is 3.18. The van der Waals surface area contributed by atoms with Crippen molar-refractivity contribution in [2.24, 2.45) is 0 Å². The number of hydrogen-bond acceptors (Lipinski definition) is 4. The molecule has 0 saturated heterocycles. The number of anilines is 2. The lowest BCUT2D eigenvalue weighted by atomic mass is 10.1. The van der Waals surface area contributed by atoms with Crippen molar-refractivity contribution in [3.05, 3.63) is 53.7 Å². The van der Waals surface area contributed by atoms with Crippen LogP contribution in [0, 0.1) is 0 Å². The molecular formula is C19H22N4O2. The molecule has 1 aliphatic rings. The average molecular weight is 338 g/mol. The highest BCUT2D eigenvalue weighted by atomic mass is 16.1. The van der Waals surface area contributed by atoms with E-state index in [-0.39, 0.29) is 11.9 Å². The summed E-state index contributed by atoms with van der Waals surface area (Å²) < 4.78 is 0. The number of nitrogens with zero attached hydrogens (tertiary/aromatic N) is 2. The van der Waals surface area contributed by atoms with Crippen LogP contribution >= 0.6 is 0 Å². The molecule has 6 heteroatoms. The number of hydrogen-bond donors (Lipinski definition) is 2. The third kappa shape index (κ3) is 3.63. The maximum absolute atomic E-state index is 12.6. The average Bonchev–Trinajstić information content (AvgIpc) is 2.97. The monoisotopic (exact) mass is 338 g/mol. The summed E-state index contributed by atoms with van der Waals surface area (Å²) in [5.41, 5.74) is 2.94. The van der Waals surface area contributed by atoms with E-state index in [9.17, 15) is 9.59 Å². The fourth-order valence-electron chi connectivity index (χ4n) is 3.20. The molecule has 1 unspecified atom stereocenters. The zero-order chi connectivity index (χ0) is 17.6. The lowest BCUT2D eigenvalue weighted by Gasteiger charge is -2.25. The van der Waals surface area contributed by atoms with Crippen LogP contribution in [0.5, 0.6) is 0 Å². The second-order valence-corrected chi connectivity index (χ2v) is 6.11. The van der Waals surface area contributed by atoms with Crippen molar-refractivity contribution in [1.82, 2.24) is 15.6 Å². The Morgan fingerprint density at radius 2 is 2.12 bits per heavy atom. The first-order valence-electron chi connectivity index (χ1n) is 8.49. The summed E-state index contributed by atoms with van der Waals surface area (Å²) in [6.07, 6.45) is 4.00. The van der Waals surface area contributed by atoms with Gasteiger partial charge < -0.3 is 15.5 Å². The van der Waals surface area contributed by atoms with Crippen LogP contribution in [0.1, 0.15) is 29.3 Å². The molecule has 0 radical (unpaired) electrons. The molecule has 1 aromatic carbocycles. The Morgan fingerprint density at radius 1 is 1.28 bits per heavy atom. The van der Waals surface area contributed by atoms with Gasteiger partial charge in [0.25, 0.3) is 5.91 Å². The Morgan fingerprint density at radius 3 is 2.96 bits per heavy atom. The molecule has 6 nitrogen and oxygen atoms in total. The van der Waals surface area contributed by atoms with Crippen molar-refractivity contribution in [3.63, 3.8) is 0 Å². The number of para-hydroxylation sites is 1. The Balaban J connectivity index is 1.80. The number of amides is 2. The quantitative estimate of drug-likeness (QED) is 0.598. The number of aromatic nitrogens is 1. The van der Waals surface area contributed by atoms with Crippen LogP contribution in [0.2, 0.25) is 0 Å². The van der Waals surface area contributed by atoms with Crippen LogP contribution in [0.25, 0.3) is 0 Å². The van der Waals surface area contributed by atoms with Gasteiger partial charge in [0.05, 0.1) is 5.56 Å². The molecule has 2 N–H and O–H groups in total. The van der Waals surface area contributed by atoms with Gasteiger partial charge in [0.2, 0.25) is 6.41 Å². The van der Waals surface area contributed by atoms with Gasteiger partial charge in [-0.15, -0.1) is 0 Å². The normalized spacial score (nSPS) is 15.6. The molecule has 2 aromatic rings. The summed E-state index contributed by atoms with van der Waals surface area (Å²) in [7, 11) is 0. The summed E-state index contributed by atoms with van der Waals surface area (Å²) in [4.78, 5) is 29.5. The van der Waals surface area contributed by atoms with E-state index >= 15 is 0 Å². The van der Waals surface area contributed by atoms with Crippen LogP contribution in [0.15, 0.2) is 42.6 Å². The topological polar surface area (TPSA) is 74.3 Å². The van der Waals surface area contributed by atoms with Crippen LogP contribution in [-0.4, -0.2) is 36.4 Å². The molecule has 3 rings (SSSR count). The van der Waals surface area contributed by atoms with E-state index in [1.54, 1.807) is 18.3 Å². The van der Waals surface area contributed by atoms with E-state index in [0.717, 1.165) is 12.1 Å². The van der Waals surface area contributed by atoms with Gasteiger partial charge >= 0.3 is 0 Å². The number of carbonyl (C=O) groups is 2. The highest BCUT2D eigenvalue weighted by Gasteiger charge is 2.30. The highest BCUT2D eigenvalue weighted by molar-refractivity contribution is 6.00. The minimum atomic E-state index is -0.147. The Labute approximate surface area is 147 Å². The van der Waals surface area contributed by atoms with Crippen molar-refractivity contribution >= 4 is 23.8 Å². The number of pyridine rings is 1. The molecule has 0 bridgehead atoms. The lowest BCUT2D eigenvalue weighted by Crippen LogP contribution is -2.31. The van der Waals surface area contributed by atoms with Gasteiger partial charge in [-0.1, -0.05) is 18.2 Å². The zero-order valence-electron chi connectivity index (χ0n) is 14.2. The van der Waals surface area contributed by atoms with Crippen LogP contribution < -0.4 is 15.5 Å². The number of carbonyl (C=O) groups excluding carboxylic acids is 2. The second kappa shape index (κ2) is 7.79. The number of rotatable bonds is 7. The molecule has 130 valence electrons.